The fraction of sp³-hybridized carbons (Fsp3) is 0.462. The van der Waals surface area contributed by atoms with Crippen LogP contribution in [0.3, 0.4) is 0 Å². The van der Waals surface area contributed by atoms with Crippen LogP contribution in [0.1, 0.15) is 36.0 Å². The second kappa shape index (κ2) is 5.48. The van der Waals surface area contributed by atoms with Crippen LogP contribution in [0.25, 0.3) is 0 Å². The van der Waals surface area contributed by atoms with Gasteiger partial charge in [0.25, 0.3) is 5.91 Å². The predicted molar refractivity (Wildman–Crippen MR) is 68.9 cm³/mol. The molecule has 2 nitrogen and oxygen atoms in total. The lowest BCUT2D eigenvalue weighted by Crippen LogP contribution is -2.37. The summed E-state index contributed by atoms with van der Waals surface area (Å²) in [7, 11) is 0. The molecule has 1 fully saturated rings. The van der Waals surface area contributed by atoms with Crippen molar-refractivity contribution in [3.63, 3.8) is 0 Å². The SMILES string of the molecule is O=C(NC1CCC(Br)CC1)c1ccccc1. The van der Waals surface area contributed by atoms with Gasteiger partial charge in [-0.15, -0.1) is 0 Å². The molecular weight excluding hydrogens is 266 g/mol. The minimum Gasteiger partial charge on any atom is -0.349 e. The molecule has 0 unspecified atom stereocenters. The van der Waals surface area contributed by atoms with Crippen molar-refractivity contribution in [1.29, 1.82) is 0 Å². The van der Waals surface area contributed by atoms with Crippen molar-refractivity contribution >= 4 is 21.8 Å². The average molecular weight is 282 g/mol. The van der Waals surface area contributed by atoms with E-state index in [1.54, 1.807) is 0 Å². The monoisotopic (exact) mass is 281 g/mol. The highest BCUT2D eigenvalue weighted by Gasteiger charge is 2.20. The molecule has 1 saturated carbocycles. The minimum atomic E-state index is 0.0543. The van der Waals surface area contributed by atoms with Gasteiger partial charge in [0.2, 0.25) is 0 Å². The van der Waals surface area contributed by atoms with Crippen LogP contribution in [-0.2, 0) is 0 Å². The lowest BCUT2D eigenvalue weighted by atomic mass is 9.95. The summed E-state index contributed by atoms with van der Waals surface area (Å²) in [5, 5.41) is 3.10. The van der Waals surface area contributed by atoms with Crippen LogP contribution in [0.2, 0.25) is 0 Å². The van der Waals surface area contributed by atoms with Gasteiger partial charge in [-0.25, -0.2) is 0 Å². The van der Waals surface area contributed by atoms with E-state index in [0.717, 1.165) is 31.2 Å². The van der Waals surface area contributed by atoms with Gasteiger partial charge in [-0.05, 0) is 37.8 Å². The summed E-state index contributed by atoms with van der Waals surface area (Å²) in [6, 6.07) is 9.76. The van der Waals surface area contributed by atoms with Crippen molar-refractivity contribution < 1.29 is 4.79 Å². The first kappa shape index (κ1) is 11.6. The Bertz CT molecular complexity index is 344. The second-order valence-electron chi connectivity index (χ2n) is 4.29. The Morgan fingerprint density at radius 2 is 1.75 bits per heavy atom. The zero-order chi connectivity index (χ0) is 11.4. The van der Waals surface area contributed by atoms with Crippen LogP contribution in [0.4, 0.5) is 0 Å². The molecule has 86 valence electrons. The maximum atomic E-state index is 11.9. The van der Waals surface area contributed by atoms with Crippen LogP contribution < -0.4 is 5.32 Å². The number of hydrogen-bond donors (Lipinski definition) is 1. The van der Waals surface area contributed by atoms with Crippen molar-refractivity contribution in [2.24, 2.45) is 0 Å². The molecular formula is C13H16BrNO. The smallest absolute Gasteiger partial charge is 0.251 e. The van der Waals surface area contributed by atoms with E-state index in [2.05, 4.69) is 21.2 Å². The third kappa shape index (κ3) is 3.08. The van der Waals surface area contributed by atoms with Crippen molar-refractivity contribution in [2.75, 3.05) is 0 Å². The average Bonchev–Trinajstić information content (AvgIpc) is 2.33. The normalized spacial score (nSPS) is 25.1. The molecule has 1 aromatic carbocycles. The van der Waals surface area contributed by atoms with Crippen LogP contribution in [-0.4, -0.2) is 16.8 Å². The molecule has 0 bridgehead atoms. The molecule has 0 aliphatic heterocycles. The predicted octanol–water partition coefficient (Wildman–Crippen LogP) is 3.12. The minimum absolute atomic E-state index is 0.0543. The Balaban J connectivity index is 1.88. The van der Waals surface area contributed by atoms with Crippen LogP contribution in [0, 0.1) is 0 Å². The van der Waals surface area contributed by atoms with Crippen LogP contribution in [0.15, 0.2) is 30.3 Å². The molecule has 1 aromatic rings. The number of benzene rings is 1. The van der Waals surface area contributed by atoms with Gasteiger partial charge in [-0.3, -0.25) is 4.79 Å². The van der Waals surface area contributed by atoms with E-state index >= 15 is 0 Å². The highest BCUT2D eigenvalue weighted by molar-refractivity contribution is 9.09. The zero-order valence-electron chi connectivity index (χ0n) is 9.16. The Labute approximate surface area is 105 Å². The number of carbonyl (C=O) groups excluding carboxylic acids is 1. The van der Waals surface area contributed by atoms with Crippen molar-refractivity contribution in [3.8, 4) is 0 Å². The molecule has 1 aliphatic carbocycles. The number of rotatable bonds is 2. The van der Waals surface area contributed by atoms with E-state index in [1.807, 2.05) is 30.3 Å². The first-order valence-corrected chi connectivity index (χ1v) is 6.67. The van der Waals surface area contributed by atoms with E-state index in [4.69, 9.17) is 0 Å². The molecule has 0 aromatic heterocycles. The third-order valence-electron chi connectivity index (χ3n) is 3.03. The van der Waals surface area contributed by atoms with Gasteiger partial charge >= 0.3 is 0 Å². The maximum Gasteiger partial charge on any atom is 0.251 e. The molecule has 0 atom stereocenters. The second-order valence-corrected chi connectivity index (χ2v) is 5.58. The summed E-state index contributed by atoms with van der Waals surface area (Å²) in [4.78, 5) is 12.5. The Morgan fingerprint density at radius 1 is 1.12 bits per heavy atom. The number of hydrogen-bond acceptors (Lipinski definition) is 1. The largest absolute Gasteiger partial charge is 0.349 e. The molecule has 0 spiro atoms. The Morgan fingerprint density at radius 3 is 2.38 bits per heavy atom. The van der Waals surface area contributed by atoms with E-state index in [9.17, 15) is 4.79 Å². The number of alkyl halides is 1. The molecule has 16 heavy (non-hydrogen) atoms. The summed E-state index contributed by atoms with van der Waals surface area (Å²) in [5.74, 6) is 0.0543. The van der Waals surface area contributed by atoms with Gasteiger partial charge in [0.15, 0.2) is 0 Å². The molecule has 2 rings (SSSR count). The maximum absolute atomic E-state index is 11.9. The number of carbonyl (C=O) groups is 1. The first-order valence-electron chi connectivity index (χ1n) is 5.75. The van der Waals surface area contributed by atoms with E-state index in [0.29, 0.717) is 10.9 Å². The Hall–Kier alpha value is -0.830. The summed E-state index contributed by atoms with van der Waals surface area (Å²) in [5.41, 5.74) is 0.753. The quantitative estimate of drug-likeness (QED) is 0.830. The third-order valence-corrected chi connectivity index (χ3v) is 3.94. The number of halogens is 1. The fourth-order valence-electron chi connectivity index (χ4n) is 2.06. The molecule has 0 radical (unpaired) electrons. The van der Waals surface area contributed by atoms with E-state index < -0.39 is 0 Å². The van der Waals surface area contributed by atoms with Crippen molar-refractivity contribution in [3.05, 3.63) is 35.9 Å². The summed E-state index contributed by atoms with van der Waals surface area (Å²) in [6.45, 7) is 0. The fourth-order valence-corrected chi connectivity index (χ4v) is 2.58. The number of nitrogens with one attached hydrogen (secondary N) is 1. The lowest BCUT2D eigenvalue weighted by molar-refractivity contribution is 0.0928. The van der Waals surface area contributed by atoms with Gasteiger partial charge in [0.05, 0.1) is 0 Å². The molecule has 1 aliphatic rings. The topological polar surface area (TPSA) is 29.1 Å². The number of amides is 1. The molecule has 1 N–H and O–H groups in total. The van der Waals surface area contributed by atoms with E-state index in [-0.39, 0.29) is 5.91 Å². The molecule has 3 heteroatoms. The zero-order valence-corrected chi connectivity index (χ0v) is 10.7. The van der Waals surface area contributed by atoms with E-state index in [1.165, 1.54) is 0 Å². The molecule has 0 heterocycles. The van der Waals surface area contributed by atoms with Crippen molar-refractivity contribution in [2.45, 2.75) is 36.6 Å². The first-order chi connectivity index (χ1) is 7.75. The van der Waals surface area contributed by atoms with Gasteiger partial charge < -0.3 is 5.32 Å². The summed E-state index contributed by atoms with van der Waals surface area (Å²) >= 11 is 3.61. The molecule has 1 amide bonds. The van der Waals surface area contributed by atoms with Crippen LogP contribution in [0.5, 0.6) is 0 Å². The van der Waals surface area contributed by atoms with Gasteiger partial charge in [0, 0.05) is 16.4 Å². The Kier molecular flexibility index (Phi) is 3.99. The summed E-state index contributed by atoms with van der Waals surface area (Å²) < 4.78 is 0. The van der Waals surface area contributed by atoms with Gasteiger partial charge in [0.1, 0.15) is 0 Å². The standard InChI is InChI=1S/C13H16BrNO/c14-11-6-8-12(9-7-11)15-13(16)10-4-2-1-3-5-10/h1-5,11-12H,6-9H2,(H,15,16). The highest BCUT2D eigenvalue weighted by atomic mass is 79.9. The molecule has 0 saturated heterocycles. The van der Waals surface area contributed by atoms with Crippen LogP contribution >= 0.6 is 15.9 Å². The van der Waals surface area contributed by atoms with Gasteiger partial charge in [-0.1, -0.05) is 34.1 Å². The lowest BCUT2D eigenvalue weighted by Gasteiger charge is -2.26. The summed E-state index contributed by atoms with van der Waals surface area (Å²) in [6.07, 6.45) is 4.46. The highest BCUT2D eigenvalue weighted by Crippen LogP contribution is 2.24. The van der Waals surface area contributed by atoms with Crippen molar-refractivity contribution in [1.82, 2.24) is 5.32 Å². The van der Waals surface area contributed by atoms with Gasteiger partial charge in [-0.2, -0.15) is 0 Å².